The van der Waals surface area contributed by atoms with E-state index in [9.17, 15) is 9.59 Å². The van der Waals surface area contributed by atoms with Crippen molar-refractivity contribution >= 4 is 29.0 Å². The van der Waals surface area contributed by atoms with Crippen LogP contribution in [-0.2, 0) is 14.3 Å². The third-order valence-electron chi connectivity index (χ3n) is 4.90. The summed E-state index contributed by atoms with van der Waals surface area (Å²) in [7, 11) is 0. The zero-order valence-electron chi connectivity index (χ0n) is 14.5. The highest BCUT2D eigenvalue weighted by Gasteiger charge is 2.50. The average molecular weight is 352 g/mol. The lowest BCUT2D eigenvalue weighted by Gasteiger charge is -2.32. The molecule has 6 nitrogen and oxygen atoms in total. The van der Waals surface area contributed by atoms with Crippen LogP contribution in [0, 0.1) is 0 Å². The summed E-state index contributed by atoms with van der Waals surface area (Å²) < 4.78 is 10.7. The van der Waals surface area contributed by atoms with Gasteiger partial charge in [0.2, 0.25) is 0 Å². The highest BCUT2D eigenvalue weighted by molar-refractivity contribution is 5.80. The van der Waals surface area contributed by atoms with Crippen molar-refractivity contribution in [2.75, 3.05) is 6.54 Å². The minimum atomic E-state index is -0.391. The number of hydrogen-bond acceptors (Lipinski definition) is 5. The molecule has 2 aliphatic heterocycles. The van der Waals surface area contributed by atoms with Gasteiger partial charge in [0.25, 0.3) is 0 Å². The molecule has 2 aromatic rings. The fraction of sp³-hybridized carbons (Fsp3) is 0.350. The lowest BCUT2D eigenvalue weighted by molar-refractivity contribution is -0.164. The predicted octanol–water partition coefficient (Wildman–Crippen LogP) is 3.16. The van der Waals surface area contributed by atoms with E-state index in [1.165, 1.54) is 0 Å². The fourth-order valence-corrected chi connectivity index (χ4v) is 3.59. The second kappa shape index (κ2) is 6.78. The standard InChI is InChI=1S/C20H20N2O4/c1-2-17-19-16(11-18(23)25-17)22(20(24)26-19)9-5-6-13-10-14-7-3-4-8-15(14)21-12-13/h3-8,10,12,16-17,19H,2,9,11H2,1H3/b6-5+/t16-,17+,19-/m0/s1. The number of amides is 1. The number of cyclic esters (lactones) is 1. The SMILES string of the molecule is CC[C@H]1OC(=O)C[C@H]2[C@@H]1OC(=O)N2C/C=C/c1cnc2ccccc2c1. The van der Waals surface area contributed by atoms with Crippen molar-refractivity contribution in [1.29, 1.82) is 0 Å². The predicted molar refractivity (Wildman–Crippen MR) is 96.3 cm³/mol. The van der Waals surface area contributed by atoms with Crippen molar-refractivity contribution in [3.63, 3.8) is 0 Å². The smallest absolute Gasteiger partial charge is 0.410 e. The molecular weight excluding hydrogens is 332 g/mol. The van der Waals surface area contributed by atoms with E-state index >= 15 is 0 Å². The number of fused-ring (bicyclic) bond motifs is 2. The Morgan fingerprint density at radius 3 is 2.96 bits per heavy atom. The number of pyridine rings is 1. The summed E-state index contributed by atoms with van der Waals surface area (Å²) in [4.78, 5) is 30.1. The molecule has 4 rings (SSSR count). The monoisotopic (exact) mass is 352 g/mol. The topological polar surface area (TPSA) is 68.7 Å². The van der Waals surface area contributed by atoms with Crippen LogP contribution in [0.3, 0.4) is 0 Å². The van der Waals surface area contributed by atoms with Gasteiger partial charge in [0, 0.05) is 18.1 Å². The van der Waals surface area contributed by atoms with Crippen LogP contribution >= 0.6 is 0 Å². The van der Waals surface area contributed by atoms with Gasteiger partial charge in [-0.05, 0) is 24.1 Å². The maximum Gasteiger partial charge on any atom is 0.410 e. The molecule has 26 heavy (non-hydrogen) atoms. The Morgan fingerprint density at radius 2 is 2.12 bits per heavy atom. The highest BCUT2D eigenvalue weighted by Crippen LogP contribution is 2.31. The summed E-state index contributed by atoms with van der Waals surface area (Å²) in [5.41, 5.74) is 1.91. The van der Waals surface area contributed by atoms with E-state index < -0.39 is 6.09 Å². The molecule has 3 atom stereocenters. The van der Waals surface area contributed by atoms with Crippen LogP contribution in [0.4, 0.5) is 4.79 Å². The first-order valence-electron chi connectivity index (χ1n) is 8.84. The van der Waals surface area contributed by atoms with Crippen LogP contribution in [0.15, 0.2) is 42.6 Å². The second-order valence-corrected chi connectivity index (χ2v) is 6.57. The Balaban J connectivity index is 1.48. The number of esters is 1. The maximum atomic E-state index is 12.2. The molecule has 0 spiro atoms. The Hall–Kier alpha value is -2.89. The molecule has 1 aromatic heterocycles. The average Bonchev–Trinajstić information content (AvgIpc) is 2.96. The van der Waals surface area contributed by atoms with E-state index in [-0.39, 0.29) is 30.6 Å². The largest absolute Gasteiger partial charge is 0.458 e. The summed E-state index contributed by atoms with van der Waals surface area (Å²) in [6.07, 6.45) is 5.32. The third kappa shape index (κ3) is 3.03. The lowest BCUT2D eigenvalue weighted by Crippen LogP contribution is -2.49. The van der Waals surface area contributed by atoms with Crippen molar-refractivity contribution < 1.29 is 19.1 Å². The van der Waals surface area contributed by atoms with Gasteiger partial charge in [-0.1, -0.05) is 37.3 Å². The molecule has 134 valence electrons. The quantitative estimate of drug-likeness (QED) is 0.791. The Bertz CT molecular complexity index is 879. The summed E-state index contributed by atoms with van der Waals surface area (Å²) in [6.45, 7) is 2.31. The van der Waals surface area contributed by atoms with E-state index in [0.29, 0.717) is 13.0 Å². The van der Waals surface area contributed by atoms with Crippen LogP contribution < -0.4 is 0 Å². The van der Waals surface area contributed by atoms with Crippen LogP contribution in [0.25, 0.3) is 17.0 Å². The molecule has 6 heteroatoms. The number of carbonyl (C=O) groups is 2. The summed E-state index contributed by atoms with van der Waals surface area (Å²) in [5, 5.41) is 1.07. The molecule has 1 aromatic carbocycles. The van der Waals surface area contributed by atoms with Gasteiger partial charge in [-0.25, -0.2) is 4.79 Å². The van der Waals surface area contributed by atoms with Crippen LogP contribution in [-0.4, -0.2) is 46.7 Å². The van der Waals surface area contributed by atoms with E-state index in [2.05, 4.69) is 11.1 Å². The lowest BCUT2D eigenvalue weighted by atomic mass is 9.97. The molecule has 0 bridgehead atoms. The van der Waals surface area contributed by atoms with Crippen molar-refractivity contribution in [3.8, 4) is 0 Å². The Labute approximate surface area is 151 Å². The third-order valence-corrected chi connectivity index (χ3v) is 4.90. The minimum absolute atomic E-state index is 0.179. The summed E-state index contributed by atoms with van der Waals surface area (Å²) >= 11 is 0. The van der Waals surface area contributed by atoms with Gasteiger partial charge < -0.3 is 9.47 Å². The number of benzene rings is 1. The number of aromatic nitrogens is 1. The molecule has 0 saturated carbocycles. The highest BCUT2D eigenvalue weighted by atomic mass is 16.6. The Morgan fingerprint density at radius 1 is 1.27 bits per heavy atom. The van der Waals surface area contributed by atoms with Gasteiger partial charge >= 0.3 is 12.1 Å². The van der Waals surface area contributed by atoms with Gasteiger partial charge in [0.15, 0.2) is 6.10 Å². The van der Waals surface area contributed by atoms with Gasteiger partial charge in [-0.15, -0.1) is 0 Å². The van der Waals surface area contributed by atoms with Crippen molar-refractivity contribution in [3.05, 3.63) is 48.2 Å². The Kier molecular flexibility index (Phi) is 4.32. The van der Waals surface area contributed by atoms with Crippen LogP contribution in [0.1, 0.15) is 25.3 Å². The van der Waals surface area contributed by atoms with Crippen LogP contribution in [0.5, 0.6) is 0 Å². The maximum absolute atomic E-state index is 12.2. The van der Waals surface area contributed by atoms with Gasteiger partial charge in [0.1, 0.15) is 6.10 Å². The number of carbonyl (C=O) groups excluding carboxylic acids is 2. The molecule has 0 radical (unpaired) electrons. The van der Waals surface area contributed by atoms with Crippen molar-refractivity contribution in [2.24, 2.45) is 0 Å². The molecule has 0 N–H and O–H groups in total. The number of para-hydroxylation sites is 1. The molecule has 1 amide bonds. The number of hydrogen-bond donors (Lipinski definition) is 0. The fourth-order valence-electron chi connectivity index (χ4n) is 3.59. The molecule has 2 aliphatic rings. The first kappa shape index (κ1) is 16.6. The first-order valence-corrected chi connectivity index (χ1v) is 8.84. The minimum Gasteiger partial charge on any atom is -0.458 e. The number of ether oxygens (including phenoxy) is 2. The van der Waals surface area contributed by atoms with Crippen molar-refractivity contribution in [2.45, 2.75) is 38.0 Å². The van der Waals surface area contributed by atoms with Crippen LogP contribution in [0.2, 0.25) is 0 Å². The molecule has 3 heterocycles. The van der Waals surface area contributed by atoms with E-state index in [1.807, 2.05) is 43.3 Å². The number of nitrogens with zero attached hydrogens (tertiary/aromatic N) is 2. The molecule has 0 aliphatic carbocycles. The van der Waals surface area contributed by atoms with E-state index in [0.717, 1.165) is 16.5 Å². The molecule has 2 saturated heterocycles. The van der Waals surface area contributed by atoms with Gasteiger partial charge in [0.05, 0.1) is 18.0 Å². The van der Waals surface area contributed by atoms with Gasteiger partial charge in [-0.2, -0.15) is 0 Å². The molecule has 2 fully saturated rings. The summed E-state index contributed by atoms with van der Waals surface area (Å²) in [5.74, 6) is -0.274. The molecule has 0 unspecified atom stereocenters. The zero-order valence-corrected chi connectivity index (χ0v) is 14.5. The number of rotatable bonds is 4. The summed E-state index contributed by atoms with van der Waals surface area (Å²) in [6, 6.07) is 9.71. The molecular formula is C20H20N2O4. The van der Waals surface area contributed by atoms with Gasteiger partial charge in [-0.3, -0.25) is 14.7 Å². The zero-order chi connectivity index (χ0) is 18.1. The van der Waals surface area contributed by atoms with Crippen molar-refractivity contribution in [1.82, 2.24) is 9.88 Å². The first-order chi connectivity index (χ1) is 12.7. The second-order valence-electron chi connectivity index (χ2n) is 6.57. The van der Waals surface area contributed by atoms with E-state index in [1.54, 1.807) is 11.1 Å². The van der Waals surface area contributed by atoms with E-state index in [4.69, 9.17) is 9.47 Å². The normalized spacial score (nSPS) is 25.4.